The van der Waals surface area contributed by atoms with Crippen LogP contribution >= 0.6 is 22.6 Å². The van der Waals surface area contributed by atoms with Crippen LogP contribution in [0.2, 0.25) is 0 Å². The van der Waals surface area contributed by atoms with Crippen LogP contribution in [0.1, 0.15) is 142 Å². The van der Waals surface area contributed by atoms with Crippen molar-refractivity contribution in [1.29, 1.82) is 0 Å². The van der Waals surface area contributed by atoms with E-state index in [1.807, 2.05) is 84.9 Å². The van der Waals surface area contributed by atoms with Crippen molar-refractivity contribution in [3.63, 3.8) is 0 Å². The number of likely N-dealkylation sites (tertiary alicyclic amines) is 1. The van der Waals surface area contributed by atoms with Crippen LogP contribution in [-0.2, 0) is 75.2 Å². The molecule has 2 fully saturated rings. The van der Waals surface area contributed by atoms with Gasteiger partial charge in [-0.3, -0.25) is 62.3 Å². The number of nitrogens with zero attached hydrogens (tertiary/aromatic N) is 9. The molecule has 0 aliphatic carbocycles. The first kappa shape index (κ1) is 83.7. The summed E-state index contributed by atoms with van der Waals surface area (Å²) in [6.45, 7) is 13.8. The smallest absolute Gasteiger partial charge is 0.245 e. The second kappa shape index (κ2) is 39.9. The van der Waals surface area contributed by atoms with Crippen LogP contribution in [0.3, 0.4) is 0 Å². The zero-order valence-electron chi connectivity index (χ0n) is 61.6. The van der Waals surface area contributed by atoms with E-state index >= 15 is 14.4 Å². The van der Waals surface area contributed by atoms with Crippen LogP contribution in [0.4, 0.5) is 0 Å². The fourth-order valence-electron chi connectivity index (χ4n) is 12.1. The summed E-state index contributed by atoms with van der Waals surface area (Å²) < 4.78 is 0.831. The van der Waals surface area contributed by atoms with Crippen LogP contribution in [0.5, 0.6) is 0 Å². The predicted octanol–water partition coefficient (Wildman–Crippen LogP) is 3.62. The molecule has 0 unspecified atom stereocenters. The Hall–Kier alpha value is -7.72. The molecule has 0 radical (unpaired) electrons. The minimum absolute atomic E-state index is 0.00634. The Kier molecular flexibility index (Phi) is 33.7. The molecule has 0 bridgehead atoms. The Morgan fingerprint density at radius 1 is 0.556 bits per heavy atom. The Balaban J connectivity index is 1.94. The molecule has 9 atom stereocenters. The van der Waals surface area contributed by atoms with Gasteiger partial charge < -0.3 is 65.4 Å². The highest BCUT2D eigenvalue weighted by Crippen LogP contribution is 2.23. The van der Waals surface area contributed by atoms with E-state index in [0.717, 1.165) is 40.1 Å². The molecule has 2 saturated heterocycles. The maximum atomic E-state index is 15.3. The quantitative estimate of drug-likeness (QED) is 0.165. The molecule has 26 nitrogen and oxygen atoms in total. The number of carbonyl (C=O) groups excluding carboxylic acids is 13. The summed E-state index contributed by atoms with van der Waals surface area (Å²) in [6, 6.07) is 4.04. The van der Waals surface area contributed by atoms with E-state index in [9.17, 15) is 47.9 Å². The van der Waals surface area contributed by atoms with Gasteiger partial charge in [0.2, 0.25) is 76.8 Å². The number of rotatable bonds is 17. The average Bonchev–Trinajstić information content (AvgIpc) is 0.823. The highest BCUT2D eigenvalue weighted by atomic mass is 127. The van der Waals surface area contributed by atoms with Crippen molar-refractivity contribution in [2.75, 3.05) is 96.2 Å². The van der Waals surface area contributed by atoms with Gasteiger partial charge in [0.15, 0.2) is 0 Å². The highest BCUT2D eigenvalue weighted by molar-refractivity contribution is 14.1. The van der Waals surface area contributed by atoms with Crippen molar-refractivity contribution < 1.29 is 62.3 Å². The SMILES string of the molecule is CCCC[C@@H]1NC(=O)[C@H](Cc2cccc(I)c2)NC(=O)CN(C)C(=O)[C@H](Cc2ccc(C)cc2)N(C)C(=O)CN(C)C(=O)CN(C)C(=O)[C@H]([C@@H](C)CC)NC(=O)[C@H](CC(C)C)N(C)C(=O)C[C@@H](C(=O)N2CCCCC2)N(C)C(=O)[C@H](CC(C)C)NC(=O)[C@H](CCC(=O)N(C)C)N(C)C1=O. The van der Waals surface area contributed by atoms with Crippen LogP contribution in [0, 0.1) is 28.2 Å². The number of carbonyl (C=O) groups is 13. The summed E-state index contributed by atoms with van der Waals surface area (Å²) in [5.41, 5.74) is 2.27. The van der Waals surface area contributed by atoms with Gasteiger partial charge >= 0.3 is 0 Å². The number of piperidine rings is 1. The molecule has 99 heavy (non-hydrogen) atoms. The molecule has 2 aliphatic rings. The van der Waals surface area contributed by atoms with Crippen molar-refractivity contribution in [2.24, 2.45) is 17.8 Å². The molecule has 550 valence electrons. The van der Waals surface area contributed by atoms with Gasteiger partial charge in [0.1, 0.15) is 48.3 Å². The molecular weight excluding hydrogens is 1380 g/mol. The second-order valence-electron chi connectivity index (χ2n) is 28.1. The first-order valence-electron chi connectivity index (χ1n) is 34.8. The molecule has 2 aromatic carbocycles. The molecule has 0 aromatic heterocycles. The molecule has 4 N–H and O–H groups in total. The van der Waals surface area contributed by atoms with E-state index < -0.39 is 151 Å². The van der Waals surface area contributed by atoms with Crippen molar-refractivity contribution >= 4 is 99.4 Å². The van der Waals surface area contributed by atoms with E-state index in [1.165, 1.54) is 64.0 Å². The summed E-state index contributed by atoms with van der Waals surface area (Å²) in [5, 5.41) is 11.5. The topological polar surface area (TPSA) is 299 Å². The lowest BCUT2D eigenvalue weighted by Crippen LogP contribution is -2.61. The maximum absolute atomic E-state index is 15.3. The molecule has 2 aromatic rings. The van der Waals surface area contributed by atoms with Crippen LogP contribution in [0.15, 0.2) is 48.5 Å². The van der Waals surface area contributed by atoms with Gasteiger partial charge in [0, 0.05) is 99.4 Å². The number of hydrogen-bond donors (Lipinski definition) is 4. The van der Waals surface area contributed by atoms with E-state index in [-0.39, 0.29) is 62.7 Å². The molecule has 13 amide bonds. The summed E-state index contributed by atoms with van der Waals surface area (Å²) in [4.78, 5) is 202. The third-order valence-corrected chi connectivity index (χ3v) is 19.5. The fourth-order valence-corrected chi connectivity index (χ4v) is 12.8. The third-order valence-electron chi connectivity index (χ3n) is 18.8. The fraction of sp³-hybridized carbons (Fsp3) is 0.653. The Morgan fingerprint density at radius 3 is 1.72 bits per heavy atom. The lowest BCUT2D eigenvalue weighted by molar-refractivity contribution is -0.151. The van der Waals surface area contributed by atoms with Crippen molar-refractivity contribution in [3.8, 4) is 0 Å². The standard InChI is InChI=1S/C72H112IN13O13/c1-18-20-27-52-68(95)84(16)55(32-33-60(88)78(9)10)66(93)76-54(36-45(3)4)69(96)85(17)58(71(98)86-34-22-21-23-35-86)41-61(89)82(14)56(37-46(5)6)67(94)77-64(48(8)19-2)72(99)81(13)43-62(90)79(11)44-63(91)83(15)57(40-49-30-28-47(7)29-31-49)70(97)80(12)42-59(87)74-53(65(92)75-52)39-50-25-24-26-51(73)38-50/h24-26,28-31,38,45-46,48,52-58,64H,18-23,27,32-37,39-44H2,1-17H3,(H,74,87)(H,75,92)(H,76,93)(H,77,94)/t48-,52-,53-,54-,55-,56-,57-,58-,64-/m0/s1. The lowest BCUT2D eigenvalue weighted by atomic mass is 9.95. The second-order valence-corrected chi connectivity index (χ2v) is 29.3. The van der Waals surface area contributed by atoms with Gasteiger partial charge in [-0.1, -0.05) is 110 Å². The maximum Gasteiger partial charge on any atom is 0.245 e. The summed E-state index contributed by atoms with van der Waals surface area (Å²) in [7, 11) is 12.8. The third kappa shape index (κ3) is 25.1. The molecule has 2 heterocycles. The predicted molar refractivity (Wildman–Crippen MR) is 385 cm³/mol. The number of benzene rings is 2. The first-order chi connectivity index (χ1) is 46.5. The van der Waals surface area contributed by atoms with Gasteiger partial charge in [-0.2, -0.15) is 0 Å². The molecule has 27 heteroatoms. The average molecular weight is 1490 g/mol. The molecule has 0 spiro atoms. The molecule has 4 rings (SSSR count). The van der Waals surface area contributed by atoms with Crippen LogP contribution in [0.25, 0.3) is 0 Å². The zero-order chi connectivity index (χ0) is 74.3. The number of nitrogens with one attached hydrogen (secondary N) is 4. The van der Waals surface area contributed by atoms with E-state index in [4.69, 9.17) is 0 Å². The van der Waals surface area contributed by atoms with Gasteiger partial charge in [0.25, 0.3) is 0 Å². The molecule has 0 saturated carbocycles. The number of hydrogen-bond acceptors (Lipinski definition) is 13. The number of aryl methyl sites for hydroxylation is 1. The molecule has 2 aliphatic heterocycles. The van der Waals surface area contributed by atoms with Gasteiger partial charge in [0.05, 0.1) is 26.1 Å². The first-order valence-corrected chi connectivity index (χ1v) is 35.9. The van der Waals surface area contributed by atoms with Crippen molar-refractivity contribution in [3.05, 3.63) is 68.8 Å². The van der Waals surface area contributed by atoms with Crippen LogP contribution < -0.4 is 21.3 Å². The Morgan fingerprint density at radius 2 is 1.13 bits per heavy atom. The molecular formula is C72H112IN13O13. The number of unbranched alkanes of at least 4 members (excludes halogenated alkanes) is 1. The minimum atomic E-state index is -1.44. The van der Waals surface area contributed by atoms with Gasteiger partial charge in [-0.05, 0) is 115 Å². The summed E-state index contributed by atoms with van der Waals surface area (Å²) in [5.74, 6) is -9.59. The van der Waals surface area contributed by atoms with Gasteiger partial charge in [-0.25, -0.2) is 0 Å². The Bertz CT molecular complexity index is 3140. The zero-order valence-corrected chi connectivity index (χ0v) is 63.8. The van der Waals surface area contributed by atoms with Crippen molar-refractivity contribution in [1.82, 2.24) is 65.4 Å². The normalized spacial score (nSPS) is 23.5. The van der Waals surface area contributed by atoms with E-state index in [0.29, 0.717) is 56.3 Å². The Labute approximate surface area is 600 Å². The number of halogens is 1. The van der Waals surface area contributed by atoms with Crippen LogP contribution in [-0.4, -0.2) is 265 Å². The monoisotopic (exact) mass is 1490 g/mol. The van der Waals surface area contributed by atoms with E-state index in [1.54, 1.807) is 38.1 Å². The van der Waals surface area contributed by atoms with Gasteiger partial charge in [-0.15, -0.1) is 0 Å². The number of likely N-dealkylation sites (N-methyl/N-ethyl adjacent to an activating group) is 7. The minimum Gasteiger partial charge on any atom is -0.349 e. The lowest BCUT2D eigenvalue weighted by Gasteiger charge is -2.38. The number of amides is 13. The summed E-state index contributed by atoms with van der Waals surface area (Å²) in [6.07, 6.45) is 2.71. The van der Waals surface area contributed by atoms with E-state index in [2.05, 4.69) is 43.9 Å². The largest absolute Gasteiger partial charge is 0.349 e. The van der Waals surface area contributed by atoms with Crippen molar-refractivity contribution in [2.45, 2.75) is 194 Å². The summed E-state index contributed by atoms with van der Waals surface area (Å²) >= 11 is 2.12. The highest BCUT2D eigenvalue weighted by Gasteiger charge is 2.42.